The van der Waals surface area contributed by atoms with E-state index in [2.05, 4.69) is 86.5 Å². The normalized spacial score (nSPS) is 12.4. The molecular weight excluding hydrogens is 298 g/mol. The smallest absolute Gasteiger partial charge is 0.0552 e. The summed E-state index contributed by atoms with van der Waals surface area (Å²) in [6.45, 7) is 10.3. The molecule has 0 radical (unpaired) electrons. The maximum atomic E-state index is 4.60. The summed E-state index contributed by atoms with van der Waals surface area (Å²) < 4.78 is 2.31. The van der Waals surface area contributed by atoms with Gasteiger partial charge >= 0.3 is 0 Å². The van der Waals surface area contributed by atoms with Crippen molar-refractivity contribution in [1.29, 1.82) is 0 Å². The van der Waals surface area contributed by atoms with Crippen molar-refractivity contribution in [2.45, 2.75) is 39.5 Å². The van der Waals surface area contributed by atoms with E-state index < -0.39 is 0 Å². The van der Waals surface area contributed by atoms with E-state index in [9.17, 15) is 0 Å². The van der Waals surface area contributed by atoms with Gasteiger partial charge in [-0.1, -0.05) is 44.2 Å². The van der Waals surface area contributed by atoms with E-state index in [0.717, 1.165) is 4.90 Å². The number of nitrogens with zero attached hydrogens (tertiary/aromatic N) is 1. The molecule has 0 atom stereocenters. The van der Waals surface area contributed by atoms with Crippen LogP contribution in [0.1, 0.15) is 33.3 Å². The number of hydrogen-bond donors (Lipinski definition) is 1. The molecule has 0 bridgehead atoms. The van der Waals surface area contributed by atoms with Crippen LogP contribution < -0.4 is 10.6 Å². The molecule has 3 rings (SSSR count). The van der Waals surface area contributed by atoms with Crippen LogP contribution in [0.3, 0.4) is 0 Å². The first-order valence-corrected chi connectivity index (χ1v) is 8.64. The van der Waals surface area contributed by atoms with Crippen molar-refractivity contribution >= 4 is 35.7 Å². The maximum Gasteiger partial charge on any atom is 0.0552 e. The van der Waals surface area contributed by atoms with Crippen molar-refractivity contribution in [3.05, 3.63) is 58.6 Å². The van der Waals surface area contributed by atoms with Crippen LogP contribution in [-0.4, -0.2) is 4.57 Å². The van der Waals surface area contributed by atoms with Crippen molar-refractivity contribution in [2.24, 2.45) is 0 Å². The average Bonchev–Trinajstić information content (AvgIpc) is 2.90. The van der Waals surface area contributed by atoms with Gasteiger partial charge in [0, 0.05) is 26.5 Å². The number of fused-ring (bicyclic) bond motifs is 1. The average molecular weight is 324 g/mol. The van der Waals surface area contributed by atoms with Crippen molar-refractivity contribution in [2.75, 3.05) is 0 Å². The standard InChI is InChI=1S/C19H19NS.C2H6/c1-4-15-16-11-13(3)19(21)12-18(16)20(17(15)5-2)14-9-7-6-8-10-14;1-2/h4-12,21H,1-3H3;1-2H3/b15-4-,17-5+;. The van der Waals surface area contributed by atoms with Crippen LogP contribution in [0.2, 0.25) is 0 Å². The minimum atomic E-state index is 1.03. The first kappa shape index (κ1) is 17.4. The molecule has 23 heavy (non-hydrogen) atoms. The maximum absolute atomic E-state index is 4.60. The summed E-state index contributed by atoms with van der Waals surface area (Å²) in [4.78, 5) is 1.03. The molecular formula is C21H25NS. The van der Waals surface area contributed by atoms with Crippen LogP contribution in [0.5, 0.6) is 0 Å². The van der Waals surface area contributed by atoms with Gasteiger partial charge in [0.15, 0.2) is 0 Å². The highest BCUT2D eigenvalue weighted by molar-refractivity contribution is 7.80. The van der Waals surface area contributed by atoms with Crippen molar-refractivity contribution < 1.29 is 0 Å². The lowest BCUT2D eigenvalue weighted by atomic mass is 10.1. The third-order valence-corrected chi connectivity index (χ3v) is 4.42. The van der Waals surface area contributed by atoms with Gasteiger partial charge < -0.3 is 4.57 Å². The Labute approximate surface area is 144 Å². The van der Waals surface area contributed by atoms with Gasteiger partial charge in [-0.15, -0.1) is 12.6 Å². The van der Waals surface area contributed by atoms with E-state index in [1.165, 1.54) is 32.7 Å². The quantitative estimate of drug-likeness (QED) is 0.611. The first-order chi connectivity index (χ1) is 11.2. The molecule has 3 aromatic rings. The van der Waals surface area contributed by atoms with Gasteiger partial charge in [-0.05, 0) is 50.6 Å². The van der Waals surface area contributed by atoms with Gasteiger partial charge in [0.25, 0.3) is 0 Å². The van der Waals surface area contributed by atoms with Crippen molar-refractivity contribution in [3.63, 3.8) is 0 Å². The van der Waals surface area contributed by atoms with Gasteiger partial charge in [0.05, 0.1) is 5.52 Å². The third kappa shape index (κ3) is 3.09. The van der Waals surface area contributed by atoms with Gasteiger partial charge in [0.1, 0.15) is 0 Å². The molecule has 0 amide bonds. The Bertz CT molecular complexity index is 918. The number of rotatable bonds is 1. The molecule has 0 aliphatic rings. The minimum Gasteiger partial charge on any atom is -0.310 e. The number of aryl methyl sites for hydroxylation is 1. The summed E-state index contributed by atoms with van der Waals surface area (Å²) in [6.07, 6.45) is 4.37. The minimum absolute atomic E-state index is 1.03. The van der Waals surface area contributed by atoms with Crippen molar-refractivity contribution in [1.82, 2.24) is 4.57 Å². The second-order valence-corrected chi connectivity index (χ2v) is 5.68. The van der Waals surface area contributed by atoms with E-state index >= 15 is 0 Å². The fourth-order valence-electron chi connectivity index (χ4n) is 2.92. The summed E-state index contributed by atoms with van der Waals surface area (Å²) in [6, 6.07) is 14.9. The van der Waals surface area contributed by atoms with Crippen LogP contribution in [0.15, 0.2) is 47.4 Å². The largest absolute Gasteiger partial charge is 0.310 e. The topological polar surface area (TPSA) is 4.93 Å². The summed E-state index contributed by atoms with van der Waals surface area (Å²) in [7, 11) is 0. The molecule has 2 aromatic carbocycles. The zero-order chi connectivity index (χ0) is 17.0. The molecule has 0 aliphatic carbocycles. The molecule has 0 aliphatic heterocycles. The van der Waals surface area contributed by atoms with E-state index in [0.29, 0.717) is 0 Å². The molecule has 1 nitrogen and oxygen atoms in total. The molecule has 0 fully saturated rings. The Kier molecular flexibility index (Phi) is 5.73. The molecule has 1 heterocycles. The Morgan fingerprint density at radius 2 is 1.61 bits per heavy atom. The monoisotopic (exact) mass is 323 g/mol. The molecule has 0 N–H and O–H groups in total. The molecule has 0 saturated heterocycles. The summed E-state index contributed by atoms with van der Waals surface area (Å²) >= 11 is 4.60. The van der Waals surface area contributed by atoms with Gasteiger partial charge in [0.2, 0.25) is 0 Å². The zero-order valence-corrected chi connectivity index (χ0v) is 15.5. The SMILES string of the molecule is C/C=c1\c(=C/C)n(-c2ccccc2)c2cc(S)c(C)cc12.CC. The predicted octanol–water partition coefficient (Wildman–Crippen LogP) is 4.85. The molecule has 2 heteroatoms. The molecule has 120 valence electrons. The number of benzene rings is 2. The Hall–Kier alpha value is -1.93. The second-order valence-electron chi connectivity index (χ2n) is 5.20. The van der Waals surface area contributed by atoms with Gasteiger partial charge in [-0.3, -0.25) is 0 Å². The van der Waals surface area contributed by atoms with Crippen LogP contribution in [0, 0.1) is 6.92 Å². The molecule has 0 spiro atoms. The van der Waals surface area contributed by atoms with Crippen LogP contribution in [0.25, 0.3) is 28.7 Å². The highest BCUT2D eigenvalue weighted by Crippen LogP contribution is 2.22. The summed E-state index contributed by atoms with van der Waals surface area (Å²) in [5.74, 6) is 0. The molecule has 0 saturated carbocycles. The van der Waals surface area contributed by atoms with Crippen LogP contribution in [0.4, 0.5) is 0 Å². The third-order valence-electron chi connectivity index (χ3n) is 3.94. The lowest BCUT2D eigenvalue weighted by molar-refractivity contribution is 1.06. The Morgan fingerprint density at radius 1 is 0.957 bits per heavy atom. The van der Waals surface area contributed by atoms with Crippen LogP contribution >= 0.6 is 12.6 Å². The fourth-order valence-corrected chi connectivity index (χ4v) is 3.10. The molecule has 0 unspecified atom stereocenters. The summed E-state index contributed by atoms with van der Waals surface area (Å²) in [5.41, 5.74) is 3.60. The number of hydrogen-bond acceptors (Lipinski definition) is 1. The van der Waals surface area contributed by atoms with E-state index in [1.807, 2.05) is 19.9 Å². The number of thiol groups is 1. The second kappa shape index (κ2) is 7.56. The van der Waals surface area contributed by atoms with E-state index in [4.69, 9.17) is 0 Å². The highest BCUT2D eigenvalue weighted by atomic mass is 32.1. The first-order valence-electron chi connectivity index (χ1n) is 8.19. The lowest BCUT2D eigenvalue weighted by Gasteiger charge is -2.07. The summed E-state index contributed by atoms with van der Waals surface area (Å²) in [5, 5.41) is 3.80. The van der Waals surface area contributed by atoms with Crippen molar-refractivity contribution in [3.8, 4) is 5.69 Å². The fraction of sp³-hybridized carbons (Fsp3) is 0.238. The molecule has 1 aromatic heterocycles. The predicted molar refractivity (Wildman–Crippen MR) is 106 cm³/mol. The highest BCUT2D eigenvalue weighted by Gasteiger charge is 2.10. The lowest BCUT2D eigenvalue weighted by Crippen LogP contribution is -2.27. The van der Waals surface area contributed by atoms with Gasteiger partial charge in [-0.2, -0.15) is 0 Å². The van der Waals surface area contributed by atoms with Crippen LogP contribution in [-0.2, 0) is 0 Å². The zero-order valence-electron chi connectivity index (χ0n) is 14.6. The van der Waals surface area contributed by atoms with E-state index in [-0.39, 0.29) is 0 Å². The number of para-hydroxylation sites is 1. The van der Waals surface area contributed by atoms with E-state index in [1.54, 1.807) is 0 Å². The van der Waals surface area contributed by atoms with Gasteiger partial charge in [-0.25, -0.2) is 0 Å². The Morgan fingerprint density at radius 3 is 2.17 bits per heavy atom. The number of aromatic nitrogens is 1. The Balaban J connectivity index is 0.000000924.